The molecule has 2 heterocycles. The van der Waals surface area contributed by atoms with Gasteiger partial charge in [0.2, 0.25) is 5.91 Å². The fourth-order valence-electron chi connectivity index (χ4n) is 2.21. The van der Waals surface area contributed by atoms with Gasteiger partial charge in [0, 0.05) is 32.9 Å². The summed E-state index contributed by atoms with van der Waals surface area (Å²) in [4.78, 5) is 21.9. The highest BCUT2D eigenvalue weighted by Gasteiger charge is 2.30. The van der Waals surface area contributed by atoms with Crippen molar-refractivity contribution >= 4 is 11.7 Å². The van der Waals surface area contributed by atoms with Crippen LogP contribution in [0.3, 0.4) is 0 Å². The molecule has 86 valence electrons. The number of rotatable bonds is 2. The molecule has 0 aromatic carbocycles. The quantitative estimate of drug-likeness (QED) is 0.813. The molecule has 0 radical (unpaired) electrons. The summed E-state index contributed by atoms with van der Waals surface area (Å²) in [5.41, 5.74) is 0.873. The molecule has 2 rings (SSSR count). The van der Waals surface area contributed by atoms with Crippen molar-refractivity contribution in [2.75, 3.05) is 18.9 Å². The number of carbonyl (C=O) groups is 1. The third-order valence-electron chi connectivity index (χ3n) is 2.94. The zero-order valence-corrected chi connectivity index (χ0v) is 9.60. The predicted octanol–water partition coefficient (Wildman–Crippen LogP) is 1.20. The van der Waals surface area contributed by atoms with Gasteiger partial charge in [0.15, 0.2) is 0 Å². The van der Waals surface area contributed by atoms with E-state index in [4.69, 9.17) is 0 Å². The zero-order chi connectivity index (χ0) is 11.5. The van der Waals surface area contributed by atoms with Gasteiger partial charge in [0.05, 0.1) is 6.04 Å². The lowest BCUT2D eigenvalue weighted by Crippen LogP contribution is -2.29. The number of hydrogen-bond acceptors (Lipinski definition) is 4. The van der Waals surface area contributed by atoms with Gasteiger partial charge in [-0.3, -0.25) is 9.78 Å². The van der Waals surface area contributed by atoms with Crippen LogP contribution in [0.15, 0.2) is 12.4 Å². The summed E-state index contributed by atoms with van der Waals surface area (Å²) in [6.07, 6.45) is 5.33. The van der Waals surface area contributed by atoms with Gasteiger partial charge in [-0.1, -0.05) is 0 Å². The molecule has 5 nitrogen and oxygen atoms in total. The highest BCUT2D eigenvalue weighted by molar-refractivity contribution is 5.74. The second kappa shape index (κ2) is 4.47. The minimum absolute atomic E-state index is 0.0775. The Balaban J connectivity index is 2.32. The van der Waals surface area contributed by atoms with Crippen molar-refractivity contribution in [3.8, 4) is 0 Å². The maximum absolute atomic E-state index is 11.5. The minimum atomic E-state index is 0.0775. The van der Waals surface area contributed by atoms with Crippen LogP contribution in [0.25, 0.3) is 0 Å². The number of likely N-dealkylation sites (tertiary alicyclic amines) is 1. The summed E-state index contributed by atoms with van der Waals surface area (Å²) in [5.74, 6) is 0.871. The molecule has 1 amide bonds. The third-order valence-corrected chi connectivity index (χ3v) is 2.94. The molecule has 1 aliphatic rings. The van der Waals surface area contributed by atoms with Crippen LogP contribution in [0.5, 0.6) is 0 Å². The number of amides is 1. The van der Waals surface area contributed by atoms with Gasteiger partial charge in [0.1, 0.15) is 11.5 Å². The van der Waals surface area contributed by atoms with Crippen LogP contribution in [-0.4, -0.2) is 34.4 Å². The molecule has 1 aromatic heterocycles. The van der Waals surface area contributed by atoms with E-state index in [1.807, 2.05) is 11.9 Å². The van der Waals surface area contributed by atoms with Crippen LogP contribution in [-0.2, 0) is 4.79 Å². The fourth-order valence-corrected chi connectivity index (χ4v) is 2.21. The van der Waals surface area contributed by atoms with Crippen molar-refractivity contribution in [3.63, 3.8) is 0 Å². The van der Waals surface area contributed by atoms with Crippen LogP contribution in [0.2, 0.25) is 0 Å². The van der Waals surface area contributed by atoms with Crippen molar-refractivity contribution in [3.05, 3.63) is 18.1 Å². The Bertz CT molecular complexity index is 393. The third kappa shape index (κ3) is 1.85. The minimum Gasteiger partial charge on any atom is -0.372 e. The summed E-state index contributed by atoms with van der Waals surface area (Å²) in [5, 5.41) is 3.02. The monoisotopic (exact) mass is 220 g/mol. The van der Waals surface area contributed by atoms with E-state index in [2.05, 4.69) is 15.3 Å². The van der Waals surface area contributed by atoms with Crippen molar-refractivity contribution in [1.82, 2.24) is 14.9 Å². The molecule has 0 bridgehead atoms. The predicted molar refractivity (Wildman–Crippen MR) is 60.9 cm³/mol. The van der Waals surface area contributed by atoms with Crippen LogP contribution >= 0.6 is 0 Å². The lowest BCUT2D eigenvalue weighted by atomic mass is 10.1. The number of aromatic nitrogens is 2. The van der Waals surface area contributed by atoms with E-state index in [1.165, 1.54) is 0 Å². The Hall–Kier alpha value is -1.65. The Kier molecular flexibility index (Phi) is 3.03. The van der Waals surface area contributed by atoms with E-state index in [9.17, 15) is 4.79 Å². The number of anilines is 1. The van der Waals surface area contributed by atoms with Crippen molar-refractivity contribution in [2.45, 2.75) is 25.8 Å². The normalized spacial score (nSPS) is 19.9. The lowest BCUT2D eigenvalue weighted by Gasteiger charge is -2.23. The van der Waals surface area contributed by atoms with Crippen LogP contribution in [0.4, 0.5) is 5.82 Å². The van der Waals surface area contributed by atoms with Crippen LogP contribution < -0.4 is 5.32 Å². The summed E-state index contributed by atoms with van der Waals surface area (Å²) in [6, 6.07) is 0.0775. The summed E-state index contributed by atoms with van der Waals surface area (Å²) < 4.78 is 0. The SMILES string of the molecule is CNc1nccnc1[C@H]1CCCN1C(C)=O. The summed E-state index contributed by atoms with van der Waals surface area (Å²) in [7, 11) is 1.82. The van der Waals surface area contributed by atoms with Crippen LogP contribution in [0.1, 0.15) is 31.5 Å². The second-order valence-electron chi connectivity index (χ2n) is 3.91. The first-order valence-corrected chi connectivity index (χ1v) is 5.50. The molecule has 0 unspecified atom stereocenters. The second-order valence-corrected chi connectivity index (χ2v) is 3.91. The Morgan fingerprint density at radius 3 is 2.94 bits per heavy atom. The molecule has 1 N–H and O–H groups in total. The van der Waals surface area contributed by atoms with Gasteiger partial charge in [-0.2, -0.15) is 0 Å². The Morgan fingerprint density at radius 1 is 1.50 bits per heavy atom. The molecule has 5 heteroatoms. The Morgan fingerprint density at radius 2 is 2.25 bits per heavy atom. The highest BCUT2D eigenvalue weighted by atomic mass is 16.2. The molecule has 1 atom stereocenters. The van der Waals surface area contributed by atoms with E-state index >= 15 is 0 Å². The molecule has 0 spiro atoms. The maximum Gasteiger partial charge on any atom is 0.220 e. The molecule has 1 aromatic rings. The van der Waals surface area contributed by atoms with Crippen LogP contribution in [0, 0.1) is 0 Å². The largest absolute Gasteiger partial charge is 0.372 e. The molecule has 1 saturated heterocycles. The first-order chi connectivity index (χ1) is 7.74. The van der Waals surface area contributed by atoms with E-state index in [0.717, 1.165) is 30.9 Å². The van der Waals surface area contributed by atoms with Crippen molar-refractivity contribution < 1.29 is 4.79 Å². The van der Waals surface area contributed by atoms with Gasteiger partial charge in [0.25, 0.3) is 0 Å². The van der Waals surface area contributed by atoms with Crippen molar-refractivity contribution in [1.29, 1.82) is 0 Å². The van der Waals surface area contributed by atoms with Gasteiger partial charge in [-0.05, 0) is 12.8 Å². The topological polar surface area (TPSA) is 58.1 Å². The van der Waals surface area contributed by atoms with Crippen molar-refractivity contribution in [2.24, 2.45) is 0 Å². The van der Waals surface area contributed by atoms with E-state index < -0.39 is 0 Å². The molecular weight excluding hydrogens is 204 g/mol. The number of carbonyl (C=O) groups excluding carboxylic acids is 1. The maximum atomic E-state index is 11.5. The summed E-state index contributed by atoms with van der Waals surface area (Å²) >= 11 is 0. The number of hydrogen-bond donors (Lipinski definition) is 1. The summed E-state index contributed by atoms with van der Waals surface area (Å²) in [6.45, 7) is 2.42. The average molecular weight is 220 g/mol. The number of nitrogens with one attached hydrogen (secondary N) is 1. The molecular formula is C11H16N4O. The molecule has 0 saturated carbocycles. The average Bonchev–Trinajstić information content (AvgIpc) is 2.77. The molecule has 1 fully saturated rings. The van der Waals surface area contributed by atoms with E-state index in [1.54, 1.807) is 19.3 Å². The first-order valence-electron chi connectivity index (χ1n) is 5.50. The van der Waals surface area contributed by atoms with Gasteiger partial charge < -0.3 is 10.2 Å². The number of nitrogens with zero attached hydrogens (tertiary/aromatic N) is 3. The first kappa shape index (κ1) is 10.9. The highest BCUT2D eigenvalue weighted by Crippen LogP contribution is 2.33. The molecule has 1 aliphatic heterocycles. The smallest absolute Gasteiger partial charge is 0.220 e. The van der Waals surface area contributed by atoms with Gasteiger partial charge in [-0.15, -0.1) is 0 Å². The van der Waals surface area contributed by atoms with Gasteiger partial charge in [-0.25, -0.2) is 4.98 Å². The Labute approximate surface area is 94.9 Å². The standard InChI is InChI=1S/C11H16N4O/c1-8(16)15-7-3-4-9(15)10-11(12-2)14-6-5-13-10/h5-6,9H,3-4,7H2,1-2H3,(H,12,14)/t9-/m1/s1. The lowest BCUT2D eigenvalue weighted by molar-refractivity contribution is -0.129. The molecule has 0 aliphatic carbocycles. The van der Waals surface area contributed by atoms with E-state index in [0.29, 0.717) is 0 Å². The fraction of sp³-hybridized carbons (Fsp3) is 0.545. The van der Waals surface area contributed by atoms with Gasteiger partial charge >= 0.3 is 0 Å². The molecule has 16 heavy (non-hydrogen) atoms. The van der Waals surface area contributed by atoms with E-state index in [-0.39, 0.29) is 11.9 Å². The zero-order valence-electron chi connectivity index (χ0n) is 9.60.